The highest BCUT2D eigenvalue weighted by Gasteiger charge is 2.21. The lowest BCUT2D eigenvalue weighted by Gasteiger charge is -2.15. The van der Waals surface area contributed by atoms with Crippen LogP contribution in [-0.2, 0) is 9.53 Å². The number of carbonyl (C=O) groups is 2. The van der Waals surface area contributed by atoms with Crippen molar-refractivity contribution in [3.63, 3.8) is 0 Å². The van der Waals surface area contributed by atoms with Gasteiger partial charge in [-0.15, -0.1) is 0 Å². The van der Waals surface area contributed by atoms with Crippen molar-refractivity contribution < 1.29 is 32.6 Å². The van der Waals surface area contributed by atoms with Crippen molar-refractivity contribution >= 4 is 29.2 Å². The summed E-state index contributed by atoms with van der Waals surface area (Å²) in [6.45, 7) is -1.65. The minimum atomic E-state index is -3.04. The maximum atomic E-state index is 12.3. The molecule has 144 valence electrons. The van der Waals surface area contributed by atoms with Gasteiger partial charge in [-0.1, -0.05) is 23.7 Å². The zero-order valence-corrected chi connectivity index (χ0v) is 15.1. The van der Waals surface area contributed by atoms with Crippen molar-refractivity contribution in [2.75, 3.05) is 12.4 Å². The first-order valence-electron chi connectivity index (χ1n) is 7.71. The third-order valence-corrected chi connectivity index (χ3v) is 3.73. The lowest BCUT2D eigenvalue weighted by molar-refractivity contribution is -0.123. The molecule has 0 aliphatic carbocycles. The summed E-state index contributed by atoms with van der Waals surface area (Å²) in [5.41, 5.74) is 0.382. The zero-order chi connectivity index (χ0) is 20.0. The van der Waals surface area contributed by atoms with Gasteiger partial charge in [0.15, 0.2) is 17.6 Å². The van der Waals surface area contributed by atoms with Crippen LogP contribution in [0.4, 0.5) is 14.5 Å². The number of carbonyl (C=O) groups excluding carboxylic acids is 2. The maximum Gasteiger partial charge on any atom is 0.387 e. The van der Waals surface area contributed by atoms with E-state index in [9.17, 15) is 18.4 Å². The lowest BCUT2D eigenvalue weighted by atomic mass is 10.2. The van der Waals surface area contributed by atoms with Crippen molar-refractivity contribution in [3.05, 3.63) is 53.1 Å². The first-order valence-corrected chi connectivity index (χ1v) is 8.09. The van der Waals surface area contributed by atoms with Crippen LogP contribution in [0.25, 0.3) is 0 Å². The molecule has 2 rings (SSSR count). The number of amides is 1. The molecule has 2 aromatic carbocycles. The Morgan fingerprint density at radius 3 is 2.44 bits per heavy atom. The fraction of sp³-hybridized carbons (Fsp3) is 0.222. The number of alkyl halides is 2. The van der Waals surface area contributed by atoms with Gasteiger partial charge in [0.25, 0.3) is 5.91 Å². The van der Waals surface area contributed by atoms with Gasteiger partial charge in [-0.3, -0.25) is 4.79 Å². The molecule has 1 N–H and O–H groups in total. The Labute approximate surface area is 159 Å². The molecule has 1 amide bonds. The molecule has 0 heterocycles. The summed E-state index contributed by atoms with van der Waals surface area (Å²) in [4.78, 5) is 24.4. The molecule has 0 spiro atoms. The molecule has 0 radical (unpaired) electrons. The summed E-state index contributed by atoms with van der Waals surface area (Å²) in [5, 5.41) is 2.88. The highest BCUT2D eigenvalue weighted by Crippen LogP contribution is 2.30. The fourth-order valence-corrected chi connectivity index (χ4v) is 2.25. The minimum absolute atomic E-state index is 0.00543. The summed E-state index contributed by atoms with van der Waals surface area (Å²) in [6, 6.07) is 10.1. The van der Waals surface area contributed by atoms with E-state index >= 15 is 0 Å². The van der Waals surface area contributed by atoms with E-state index < -0.39 is 24.6 Å². The van der Waals surface area contributed by atoms with E-state index in [1.54, 1.807) is 24.3 Å². The normalized spacial score (nSPS) is 11.6. The molecule has 27 heavy (non-hydrogen) atoms. The Morgan fingerprint density at radius 2 is 1.81 bits per heavy atom. The predicted octanol–water partition coefficient (Wildman–Crippen LogP) is 4.13. The van der Waals surface area contributed by atoms with Gasteiger partial charge in [0.2, 0.25) is 0 Å². The molecule has 6 nitrogen and oxygen atoms in total. The standard InChI is InChI=1S/C18H16ClF2NO5/c1-10(16(23)22-13-6-4-3-5-12(13)19)26-17(24)11-7-8-14(27-18(20)21)15(9-11)25-2/h3-10,18H,1-2H3,(H,22,23)/t10-/m1/s1. The third kappa shape index (κ3) is 5.55. The maximum absolute atomic E-state index is 12.3. The lowest BCUT2D eigenvalue weighted by Crippen LogP contribution is -2.30. The van der Waals surface area contributed by atoms with Gasteiger partial charge >= 0.3 is 12.6 Å². The van der Waals surface area contributed by atoms with Crippen molar-refractivity contribution in [1.82, 2.24) is 0 Å². The molecule has 0 aliphatic heterocycles. The van der Waals surface area contributed by atoms with E-state index in [1.807, 2.05) is 0 Å². The molecule has 1 atom stereocenters. The largest absolute Gasteiger partial charge is 0.493 e. The fourth-order valence-electron chi connectivity index (χ4n) is 2.07. The molecule has 0 aromatic heterocycles. The number of hydrogen-bond acceptors (Lipinski definition) is 5. The van der Waals surface area contributed by atoms with Gasteiger partial charge in [0, 0.05) is 0 Å². The molecule has 0 saturated heterocycles. The zero-order valence-electron chi connectivity index (χ0n) is 14.4. The van der Waals surface area contributed by atoms with Gasteiger partial charge < -0.3 is 19.5 Å². The number of benzene rings is 2. The number of esters is 1. The first kappa shape index (κ1) is 20.4. The van der Waals surface area contributed by atoms with Crippen LogP contribution in [0.3, 0.4) is 0 Å². The number of methoxy groups -OCH3 is 1. The van der Waals surface area contributed by atoms with E-state index in [-0.39, 0.29) is 17.1 Å². The van der Waals surface area contributed by atoms with Crippen molar-refractivity contribution in [2.45, 2.75) is 19.6 Å². The smallest absolute Gasteiger partial charge is 0.387 e. The van der Waals surface area contributed by atoms with E-state index in [0.717, 1.165) is 6.07 Å². The SMILES string of the molecule is COc1cc(C(=O)O[C@H](C)C(=O)Nc2ccccc2Cl)ccc1OC(F)F. The van der Waals surface area contributed by atoms with Crippen molar-refractivity contribution in [3.8, 4) is 11.5 Å². The minimum Gasteiger partial charge on any atom is -0.493 e. The van der Waals surface area contributed by atoms with E-state index in [0.29, 0.717) is 10.7 Å². The van der Waals surface area contributed by atoms with Crippen LogP contribution >= 0.6 is 11.6 Å². The van der Waals surface area contributed by atoms with Gasteiger partial charge in [0.05, 0.1) is 23.4 Å². The van der Waals surface area contributed by atoms with Crippen LogP contribution in [-0.4, -0.2) is 31.7 Å². The highest BCUT2D eigenvalue weighted by atomic mass is 35.5. The Balaban J connectivity index is 2.05. The Morgan fingerprint density at radius 1 is 1.11 bits per heavy atom. The first-order chi connectivity index (χ1) is 12.8. The second-order valence-electron chi connectivity index (χ2n) is 5.26. The van der Waals surface area contributed by atoms with Gasteiger partial charge in [-0.2, -0.15) is 8.78 Å². The van der Waals surface area contributed by atoms with E-state index in [1.165, 1.54) is 26.2 Å². The molecular weight excluding hydrogens is 384 g/mol. The molecule has 9 heteroatoms. The number of hydrogen-bond donors (Lipinski definition) is 1. The number of para-hydroxylation sites is 1. The molecule has 2 aromatic rings. The number of anilines is 1. The Bertz CT molecular complexity index is 831. The molecule has 0 aliphatic rings. The topological polar surface area (TPSA) is 73.9 Å². The van der Waals surface area contributed by atoms with Crippen molar-refractivity contribution in [2.24, 2.45) is 0 Å². The summed E-state index contributed by atoms with van der Waals surface area (Å²) in [7, 11) is 1.24. The van der Waals surface area contributed by atoms with Crippen LogP contribution in [0.2, 0.25) is 5.02 Å². The number of rotatable bonds is 7. The van der Waals surface area contributed by atoms with Crippen LogP contribution in [0.1, 0.15) is 17.3 Å². The number of ether oxygens (including phenoxy) is 3. The van der Waals surface area contributed by atoms with Gasteiger partial charge in [-0.25, -0.2) is 4.79 Å². The predicted molar refractivity (Wildman–Crippen MR) is 94.6 cm³/mol. The Hall–Kier alpha value is -2.87. The second kappa shape index (κ2) is 9.18. The monoisotopic (exact) mass is 399 g/mol. The number of nitrogens with one attached hydrogen (secondary N) is 1. The summed E-state index contributed by atoms with van der Waals surface area (Å²) < 4.78 is 39.0. The van der Waals surface area contributed by atoms with Crippen molar-refractivity contribution in [1.29, 1.82) is 0 Å². The van der Waals surface area contributed by atoms with Crippen LogP contribution in [0.5, 0.6) is 11.5 Å². The van der Waals surface area contributed by atoms with E-state index in [4.69, 9.17) is 21.1 Å². The average Bonchev–Trinajstić information content (AvgIpc) is 2.63. The molecule has 0 unspecified atom stereocenters. The quantitative estimate of drug-likeness (QED) is 0.708. The average molecular weight is 400 g/mol. The molecule has 0 fully saturated rings. The summed E-state index contributed by atoms with van der Waals surface area (Å²) >= 11 is 5.96. The van der Waals surface area contributed by atoms with Gasteiger partial charge in [0.1, 0.15) is 0 Å². The second-order valence-corrected chi connectivity index (χ2v) is 5.67. The summed E-state index contributed by atoms with van der Waals surface area (Å²) in [5.74, 6) is -1.72. The van der Waals surface area contributed by atoms with Crippen LogP contribution in [0.15, 0.2) is 42.5 Å². The van der Waals surface area contributed by atoms with Crippen LogP contribution in [0, 0.1) is 0 Å². The van der Waals surface area contributed by atoms with Gasteiger partial charge in [-0.05, 0) is 37.3 Å². The highest BCUT2D eigenvalue weighted by molar-refractivity contribution is 6.33. The molecule has 0 saturated carbocycles. The Kier molecular flexibility index (Phi) is 6.95. The molecule has 0 bridgehead atoms. The van der Waals surface area contributed by atoms with Crippen LogP contribution < -0.4 is 14.8 Å². The summed E-state index contributed by atoms with van der Waals surface area (Å²) in [6.07, 6.45) is -1.13. The molecular formula is C18H16ClF2NO5. The third-order valence-electron chi connectivity index (χ3n) is 3.40. The number of halogens is 3. The van der Waals surface area contributed by atoms with E-state index in [2.05, 4.69) is 10.1 Å².